The first-order valence-corrected chi connectivity index (χ1v) is 9.16. The van der Waals surface area contributed by atoms with Crippen LogP contribution in [0.1, 0.15) is 11.1 Å². The predicted molar refractivity (Wildman–Crippen MR) is 114 cm³/mol. The van der Waals surface area contributed by atoms with Crippen molar-refractivity contribution in [1.82, 2.24) is 5.43 Å². The molecule has 0 atom stereocenters. The molecule has 136 valence electrons. The Bertz CT molecular complexity index is 897. The molecule has 0 aromatic heterocycles. The summed E-state index contributed by atoms with van der Waals surface area (Å²) in [4.78, 5) is 0. The van der Waals surface area contributed by atoms with E-state index in [1.54, 1.807) is 0 Å². The standard InChI is InChI=1S/C21H18ClN3OS/c22-18-10-6-17(7-11-18)15-26-20-12-8-16(9-13-20)14-23-25-21(27)24-19-4-2-1-3-5-19/h1-14H,15H2,(H2,24,25,27)/p+1. The lowest BCUT2D eigenvalue weighted by molar-refractivity contribution is -0.499. The van der Waals surface area contributed by atoms with Crippen molar-refractivity contribution in [3.05, 3.63) is 95.0 Å². The Hall–Kier alpha value is -2.89. The molecule has 0 aliphatic carbocycles. The summed E-state index contributed by atoms with van der Waals surface area (Å²) < 4.78 is 5.77. The fraction of sp³-hybridized carbons (Fsp3) is 0.0476. The highest BCUT2D eigenvalue weighted by molar-refractivity contribution is 7.80. The predicted octanol–water partition coefficient (Wildman–Crippen LogP) is 3.32. The van der Waals surface area contributed by atoms with Crippen molar-refractivity contribution in [2.45, 2.75) is 6.61 Å². The topological polar surface area (TPSA) is 47.3 Å². The third kappa shape index (κ3) is 6.40. The molecule has 4 nitrogen and oxygen atoms in total. The van der Waals surface area contributed by atoms with Gasteiger partial charge in [0.1, 0.15) is 12.4 Å². The minimum atomic E-state index is 0.486. The number of nitrogens with one attached hydrogen (secondary N) is 3. The van der Waals surface area contributed by atoms with Crippen molar-refractivity contribution in [2.24, 2.45) is 0 Å². The minimum absolute atomic E-state index is 0.486. The van der Waals surface area contributed by atoms with Gasteiger partial charge in [0, 0.05) is 16.3 Å². The second-order valence-corrected chi connectivity index (χ2v) is 6.56. The molecule has 3 aromatic rings. The first-order valence-electron chi connectivity index (χ1n) is 8.37. The molecule has 0 unspecified atom stereocenters. The summed E-state index contributed by atoms with van der Waals surface area (Å²) in [6.07, 6.45) is 1.82. The van der Waals surface area contributed by atoms with Gasteiger partial charge in [-0.2, -0.15) is 0 Å². The number of benzene rings is 3. The molecular formula is C21H19ClN3OS+. The van der Waals surface area contributed by atoms with Gasteiger partial charge in [-0.15, -0.1) is 10.5 Å². The minimum Gasteiger partial charge on any atom is -0.489 e. The van der Waals surface area contributed by atoms with E-state index in [-0.39, 0.29) is 0 Å². The van der Waals surface area contributed by atoms with Crippen LogP contribution in [-0.2, 0) is 6.61 Å². The lowest BCUT2D eigenvalue weighted by Gasteiger charge is -2.06. The zero-order chi connectivity index (χ0) is 18.9. The van der Waals surface area contributed by atoms with E-state index in [9.17, 15) is 0 Å². The highest BCUT2D eigenvalue weighted by atomic mass is 35.5. The van der Waals surface area contributed by atoms with Crippen molar-refractivity contribution < 1.29 is 9.84 Å². The molecule has 0 fully saturated rings. The van der Waals surface area contributed by atoms with E-state index in [1.807, 2.05) is 85.1 Å². The number of para-hydroxylation sites is 1. The molecule has 0 spiro atoms. The molecule has 0 amide bonds. The molecule has 0 aliphatic heterocycles. The third-order valence-electron chi connectivity index (χ3n) is 3.66. The van der Waals surface area contributed by atoms with E-state index in [2.05, 4.69) is 15.8 Å². The fourth-order valence-electron chi connectivity index (χ4n) is 2.28. The van der Waals surface area contributed by atoms with Crippen molar-refractivity contribution in [3.8, 4) is 5.75 Å². The molecule has 0 aliphatic rings. The largest absolute Gasteiger partial charge is 0.489 e. The summed E-state index contributed by atoms with van der Waals surface area (Å²) in [5.41, 5.74) is 5.91. The third-order valence-corrected chi connectivity index (χ3v) is 4.11. The van der Waals surface area contributed by atoms with Crippen LogP contribution in [0.15, 0.2) is 78.9 Å². The Kier molecular flexibility index (Phi) is 6.79. The summed E-state index contributed by atoms with van der Waals surface area (Å²) in [5, 5.41) is 7.26. The normalized spacial score (nSPS) is 10.6. The number of thiocarbonyl (C=S) groups is 1. The highest BCUT2D eigenvalue weighted by Crippen LogP contribution is 2.15. The van der Waals surface area contributed by atoms with Crippen LogP contribution >= 0.6 is 23.8 Å². The SMILES string of the molecule is S=C(N[NH+]=Cc1ccc(OCc2ccc(Cl)cc2)cc1)Nc1ccccc1. The van der Waals surface area contributed by atoms with E-state index < -0.39 is 0 Å². The summed E-state index contributed by atoms with van der Waals surface area (Å²) in [6.45, 7) is 0.499. The Morgan fingerprint density at radius 2 is 1.67 bits per heavy atom. The van der Waals surface area contributed by atoms with Gasteiger partial charge in [-0.3, -0.25) is 0 Å². The number of rotatable bonds is 6. The molecule has 3 aromatic carbocycles. The Morgan fingerprint density at radius 1 is 0.963 bits per heavy atom. The van der Waals surface area contributed by atoms with E-state index in [0.717, 1.165) is 27.6 Å². The number of hydrazine groups is 1. The molecule has 27 heavy (non-hydrogen) atoms. The number of halogens is 1. The van der Waals surface area contributed by atoms with Gasteiger partial charge in [-0.05, 0) is 66.3 Å². The van der Waals surface area contributed by atoms with E-state index >= 15 is 0 Å². The van der Waals surface area contributed by atoms with Gasteiger partial charge < -0.3 is 10.1 Å². The van der Waals surface area contributed by atoms with Crippen LogP contribution in [0.2, 0.25) is 5.02 Å². The Labute approximate surface area is 168 Å². The summed E-state index contributed by atoms with van der Waals surface area (Å²) in [5.74, 6) is 0.802. The molecular weight excluding hydrogens is 378 g/mol. The first kappa shape index (κ1) is 18.9. The second-order valence-electron chi connectivity index (χ2n) is 5.72. The number of hydrogen-bond donors (Lipinski definition) is 3. The number of ether oxygens (including phenoxy) is 1. The van der Waals surface area contributed by atoms with E-state index in [4.69, 9.17) is 28.6 Å². The summed E-state index contributed by atoms with van der Waals surface area (Å²) >= 11 is 11.1. The smallest absolute Gasteiger partial charge is 0.228 e. The summed E-state index contributed by atoms with van der Waals surface area (Å²) in [7, 11) is 0. The van der Waals surface area contributed by atoms with Crippen LogP contribution in [0, 0.1) is 0 Å². The zero-order valence-corrected chi connectivity index (χ0v) is 16.1. The lowest BCUT2D eigenvalue weighted by atomic mass is 10.2. The quantitative estimate of drug-likeness (QED) is 0.340. The van der Waals surface area contributed by atoms with Gasteiger partial charge in [0.15, 0.2) is 6.21 Å². The van der Waals surface area contributed by atoms with Crippen LogP contribution in [0.5, 0.6) is 5.75 Å². The van der Waals surface area contributed by atoms with E-state index in [0.29, 0.717) is 11.7 Å². The van der Waals surface area contributed by atoms with Crippen LogP contribution in [-0.4, -0.2) is 11.3 Å². The average Bonchev–Trinajstić information content (AvgIpc) is 2.69. The maximum atomic E-state index is 5.88. The maximum Gasteiger partial charge on any atom is 0.228 e. The first-order chi connectivity index (χ1) is 13.2. The lowest BCUT2D eigenvalue weighted by Crippen LogP contribution is -2.82. The summed E-state index contributed by atoms with van der Waals surface area (Å²) in [6, 6.07) is 25.1. The monoisotopic (exact) mass is 396 g/mol. The molecule has 6 heteroatoms. The van der Waals surface area contributed by atoms with Crippen molar-refractivity contribution >= 4 is 40.8 Å². The van der Waals surface area contributed by atoms with Crippen molar-refractivity contribution in [2.75, 3.05) is 5.32 Å². The van der Waals surface area contributed by atoms with Crippen molar-refractivity contribution in [3.63, 3.8) is 0 Å². The van der Waals surface area contributed by atoms with Crippen LogP contribution in [0.25, 0.3) is 0 Å². The van der Waals surface area contributed by atoms with Crippen LogP contribution in [0.4, 0.5) is 5.69 Å². The van der Waals surface area contributed by atoms with Gasteiger partial charge in [0.25, 0.3) is 0 Å². The zero-order valence-electron chi connectivity index (χ0n) is 14.5. The average molecular weight is 397 g/mol. The Balaban J connectivity index is 1.46. The molecule has 0 saturated heterocycles. The maximum absolute atomic E-state index is 5.88. The van der Waals surface area contributed by atoms with Gasteiger partial charge in [-0.1, -0.05) is 41.9 Å². The van der Waals surface area contributed by atoms with Gasteiger partial charge in [0.05, 0.1) is 0 Å². The molecule has 0 radical (unpaired) electrons. The highest BCUT2D eigenvalue weighted by Gasteiger charge is 2.00. The Morgan fingerprint density at radius 3 is 2.37 bits per heavy atom. The second kappa shape index (κ2) is 9.71. The van der Waals surface area contributed by atoms with Crippen LogP contribution < -0.4 is 20.6 Å². The van der Waals surface area contributed by atoms with E-state index in [1.165, 1.54) is 0 Å². The molecule has 0 heterocycles. The molecule has 3 N–H and O–H groups in total. The number of anilines is 1. The van der Waals surface area contributed by atoms with Gasteiger partial charge in [0.2, 0.25) is 5.11 Å². The van der Waals surface area contributed by atoms with Gasteiger partial charge in [-0.25, -0.2) is 0 Å². The number of hydrazone groups is 1. The molecule has 3 rings (SSSR count). The van der Waals surface area contributed by atoms with Crippen LogP contribution in [0.3, 0.4) is 0 Å². The van der Waals surface area contributed by atoms with Crippen molar-refractivity contribution in [1.29, 1.82) is 0 Å². The molecule has 0 bridgehead atoms. The number of hydrogen-bond acceptors (Lipinski definition) is 2. The molecule has 0 saturated carbocycles. The fourth-order valence-corrected chi connectivity index (χ4v) is 2.58. The van der Waals surface area contributed by atoms with Gasteiger partial charge >= 0.3 is 0 Å².